The molecule has 0 bridgehead atoms. The molecule has 3 rings (SSSR count). The molecular formula is C20H21ClN2O4. The number of aromatic carboxylic acids is 1. The van der Waals surface area contributed by atoms with E-state index in [0.717, 1.165) is 30.7 Å². The second-order valence-corrected chi connectivity index (χ2v) is 6.64. The van der Waals surface area contributed by atoms with Crippen LogP contribution >= 0.6 is 11.6 Å². The van der Waals surface area contributed by atoms with Crippen molar-refractivity contribution in [1.82, 2.24) is 9.55 Å². The summed E-state index contributed by atoms with van der Waals surface area (Å²) >= 11 is 6.39. The molecule has 0 aliphatic carbocycles. The first-order chi connectivity index (χ1) is 13.0. The minimum absolute atomic E-state index is 0.134. The fraction of sp³-hybridized carbons (Fsp3) is 0.300. The van der Waals surface area contributed by atoms with E-state index in [1.54, 1.807) is 0 Å². The summed E-state index contributed by atoms with van der Waals surface area (Å²) in [5, 5.41) is 19.1. The quantitative estimate of drug-likeness (QED) is 0.597. The monoisotopic (exact) mass is 388 g/mol. The maximum atomic E-state index is 11.3. The van der Waals surface area contributed by atoms with Gasteiger partial charge in [-0.3, -0.25) is 0 Å². The van der Waals surface area contributed by atoms with Crippen LogP contribution < -0.4 is 0 Å². The number of aromatic nitrogens is 2. The lowest BCUT2D eigenvalue weighted by Gasteiger charge is -2.10. The molecule has 0 aliphatic heterocycles. The maximum absolute atomic E-state index is 11.3. The fourth-order valence-electron chi connectivity index (χ4n) is 2.96. The molecule has 0 saturated heterocycles. The molecule has 27 heavy (non-hydrogen) atoms. The van der Waals surface area contributed by atoms with Crippen LogP contribution in [0, 0.1) is 0 Å². The molecule has 0 aliphatic rings. The number of aryl methyl sites for hydroxylation is 1. The number of imidazole rings is 1. The van der Waals surface area contributed by atoms with Crippen LogP contribution in [0.1, 0.15) is 47.2 Å². The van der Waals surface area contributed by atoms with Gasteiger partial charge in [0.05, 0.1) is 19.4 Å². The first kappa shape index (κ1) is 19.2. The van der Waals surface area contributed by atoms with Gasteiger partial charge in [0, 0.05) is 12.0 Å². The molecule has 3 aromatic rings. The molecule has 0 fully saturated rings. The Balaban J connectivity index is 1.86. The summed E-state index contributed by atoms with van der Waals surface area (Å²) in [6.07, 6.45) is 4.20. The van der Waals surface area contributed by atoms with Gasteiger partial charge in [0.15, 0.2) is 0 Å². The zero-order valence-electron chi connectivity index (χ0n) is 15.0. The summed E-state index contributed by atoms with van der Waals surface area (Å²) < 4.78 is 7.24. The maximum Gasteiger partial charge on any atom is 0.339 e. The number of rotatable bonds is 8. The molecule has 2 aromatic heterocycles. The summed E-state index contributed by atoms with van der Waals surface area (Å²) in [7, 11) is 0. The van der Waals surface area contributed by atoms with E-state index in [2.05, 4.69) is 11.9 Å². The van der Waals surface area contributed by atoms with Gasteiger partial charge in [-0.05, 0) is 18.1 Å². The van der Waals surface area contributed by atoms with E-state index >= 15 is 0 Å². The van der Waals surface area contributed by atoms with Crippen LogP contribution in [-0.4, -0.2) is 25.7 Å². The summed E-state index contributed by atoms with van der Waals surface area (Å²) in [5.74, 6) is 0.167. The van der Waals surface area contributed by atoms with Crippen LogP contribution in [0.2, 0.25) is 5.15 Å². The molecular weight excluding hydrogens is 368 g/mol. The van der Waals surface area contributed by atoms with Gasteiger partial charge in [0.2, 0.25) is 0 Å². The number of furan rings is 1. The third kappa shape index (κ3) is 4.07. The Hall–Kier alpha value is -2.57. The molecule has 0 radical (unpaired) electrons. The second kappa shape index (κ2) is 8.41. The van der Waals surface area contributed by atoms with Crippen LogP contribution in [0.15, 0.2) is 41.0 Å². The number of benzene rings is 1. The van der Waals surface area contributed by atoms with Crippen LogP contribution in [0.3, 0.4) is 0 Å². The Bertz CT molecular complexity index is 928. The molecule has 6 nitrogen and oxygen atoms in total. The van der Waals surface area contributed by atoms with E-state index in [-0.39, 0.29) is 12.2 Å². The Morgan fingerprint density at radius 3 is 2.63 bits per heavy atom. The van der Waals surface area contributed by atoms with Crippen molar-refractivity contribution in [3.63, 3.8) is 0 Å². The predicted octanol–water partition coefficient (Wildman–Crippen LogP) is 4.38. The van der Waals surface area contributed by atoms with E-state index in [0.29, 0.717) is 28.7 Å². The lowest BCUT2D eigenvalue weighted by atomic mass is 10.1. The smallest absolute Gasteiger partial charge is 0.339 e. The van der Waals surface area contributed by atoms with Gasteiger partial charge >= 0.3 is 5.97 Å². The third-order valence-electron chi connectivity index (χ3n) is 4.41. The van der Waals surface area contributed by atoms with Gasteiger partial charge in [0.1, 0.15) is 28.0 Å². The number of halogens is 1. The highest BCUT2D eigenvalue weighted by Crippen LogP contribution is 2.26. The lowest BCUT2D eigenvalue weighted by Crippen LogP contribution is -2.05. The van der Waals surface area contributed by atoms with Gasteiger partial charge < -0.3 is 19.2 Å². The van der Waals surface area contributed by atoms with Crippen LogP contribution in [-0.2, 0) is 19.6 Å². The van der Waals surface area contributed by atoms with Gasteiger partial charge in [-0.15, -0.1) is 0 Å². The van der Waals surface area contributed by atoms with Crippen LogP contribution in [0.5, 0.6) is 0 Å². The Morgan fingerprint density at radius 1 is 1.26 bits per heavy atom. The number of aliphatic hydroxyl groups is 1. The molecule has 2 N–H and O–H groups in total. The summed E-state index contributed by atoms with van der Waals surface area (Å²) in [6.45, 7) is 2.44. The van der Waals surface area contributed by atoms with E-state index in [4.69, 9.17) is 16.0 Å². The number of carbonyl (C=O) groups is 1. The zero-order valence-corrected chi connectivity index (χ0v) is 15.7. The summed E-state index contributed by atoms with van der Waals surface area (Å²) in [6, 6.07) is 8.89. The molecule has 7 heteroatoms. The van der Waals surface area contributed by atoms with Crippen molar-refractivity contribution >= 4 is 17.6 Å². The number of nitrogens with zero attached hydrogens (tertiary/aromatic N) is 2. The molecule has 0 amide bonds. The van der Waals surface area contributed by atoms with Gasteiger partial charge in [-0.1, -0.05) is 49.2 Å². The third-order valence-corrected chi connectivity index (χ3v) is 4.83. The minimum Gasteiger partial charge on any atom is -0.478 e. The van der Waals surface area contributed by atoms with E-state index in [1.165, 1.54) is 12.3 Å². The second-order valence-electron chi connectivity index (χ2n) is 6.28. The number of carboxylic acids is 1. The highest BCUT2D eigenvalue weighted by atomic mass is 35.5. The van der Waals surface area contributed by atoms with Crippen LogP contribution in [0.4, 0.5) is 0 Å². The average Bonchev–Trinajstić information content (AvgIpc) is 3.27. The van der Waals surface area contributed by atoms with Crippen molar-refractivity contribution in [1.29, 1.82) is 0 Å². The standard InChI is InChI=1S/C20H21ClN2O4/c1-2-3-4-17-22-16(12-24)19(21)23(17)11-13-5-7-14(8-6-13)18-15(20(25)26)9-10-27-18/h5-10,24H,2-4,11-12H2,1H3,(H,25,26). The number of carboxylic acid groups (broad SMARTS) is 1. The largest absolute Gasteiger partial charge is 0.478 e. The van der Waals surface area contributed by atoms with Gasteiger partial charge in [0.25, 0.3) is 0 Å². The minimum atomic E-state index is -1.02. The molecule has 142 valence electrons. The van der Waals surface area contributed by atoms with E-state index < -0.39 is 5.97 Å². The molecule has 1 aromatic carbocycles. The summed E-state index contributed by atoms with van der Waals surface area (Å²) in [4.78, 5) is 15.7. The van der Waals surface area contributed by atoms with Crippen molar-refractivity contribution in [2.24, 2.45) is 0 Å². The SMILES string of the molecule is CCCCc1nc(CO)c(Cl)n1Cc1ccc(-c2occc2C(=O)O)cc1. The average molecular weight is 389 g/mol. The Labute approximate surface area is 162 Å². The molecule has 0 spiro atoms. The fourth-order valence-corrected chi connectivity index (χ4v) is 3.22. The molecule has 0 atom stereocenters. The lowest BCUT2D eigenvalue weighted by molar-refractivity contribution is 0.0697. The van der Waals surface area contributed by atoms with Crippen molar-refractivity contribution in [2.75, 3.05) is 0 Å². The number of aliphatic hydroxyl groups excluding tert-OH is 1. The van der Waals surface area contributed by atoms with Gasteiger partial charge in [-0.25, -0.2) is 9.78 Å². The number of hydrogen-bond acceptors (Lipinski definition) is 4. The number of hydrogen-bond donors (Lipinski definition) is 2. The molecule has 2 heterocycles. The molecule has 0 saturated carbocycles. The van der Waals surface area contributed by atoms with Crippen molar-refractivity contribution in [3.8, 4) is 11.3 Å². The van der Waals surface area contributed by atoms with Gasteiger partial charge in [-0.2, -0.15) is 0 Å². The Kier molecular flexibility index (Phi) is 5.98. The first-order valence-electron chi connectivity index (χ1n) is 8.79. The highest BCUT2D eigenvalue weighted by molar-refractivity contribution is 6.30. The topological polar surface area (TPSA) is 88.5 Å². The van der Waals surface area contributed by atoms with Crippen LogP contribution in [0.25, 0.3) is 11.3 Å². The van der Waals surface area contributed by atoms with E-state index in [9.17, 15) is 15.0 Å². The van der Waals surface area contributed by atoms with Crippen molar-refractivity contribution in [2.45, 2.75) is 39.3 Å². The normalized spacial score (nSPS) is 11.1. The first-order valence-corrected chi connectivity index (χ1v) is 9.17. The van der Waals surface area contributed by atoms with E-state index in [1.807, 2.05) is 28.8 Å². The predicted molar refractivity (Wildman–Crippen MR) is 102 cm³/mol. The van der Waals surface area contributed by atoms with Crippen molar-refractivity contribution in [3.05, 3.63) is 64.4 Å². The zero-order chi connectivity index (χ0) is 19.4. The highest BCUT2D eigenvalue weighted by Gasteiger charge is 2.17. The number of unbranched alkanes of at least 4 members (excludes halogenated alkanes) is 1. The molecule has 0 unspecified atom stereocenters. The Morgan fingerprint density at radius 2 is 2.00 bits per heavy atom. The van der Waals surface area contributed by atoms with Crippen molar-refractivity contribution < 1.29 is 19.4 Å². The summed E-state index contributed by atoms with van der Waals surface area (Å²) in [5.41, 5.74) is 2.31.